The van der Waals surface area contributed by atoms with E-state index < -0.39 is 29.7 Å². The number of methoxy groups -OCH3 is 1. The number of carboxylic acid groups (broad SMARTS) is 1. The van der Waals surface area contributed by atoms with E-state index in [0.717, 1.165) is 11.3 Å². The Hall–Kier alpha value is -4.88. The number of ether oxygens (including phenoxy) is 1. The van der Waals surface area contributed by atoms with Crippen LogP contribution in [0.25, 0.3) is 0 Å². The number of hydrazine groups is 1. The molecular weight excluding hydrogens is 720 g/mol. The summed E-state index contributed by atoms with van der Waals surface area (Å²) in [7, 11) is 1.39. The van der Waals surface area contributed by atoms with E-state index in [1.807, 2.05) is 42.5 Å². The van der Waals surface area contributed by atoms with Crippen LogP contribution in [0.3, 0.4) is 0 Å². The maximum Gasteiger partial charge on any atom is 0.335 e. The molecule has 0 saturated carbocycles. The van der Waals surface area contributed by atoms with E-state index in [4.69, 9.17) is 39.6 Å². The number of rotatable bonds is 12. The van der Waals surface area contributed by atoms with Gasteiger partial charge >= 0.3 is 5.97 Å². The normalized spacial score (nSPS) is 18.8. The zero-order valence-corrected chi connectivity index (χ0v) is 31.4. The monoisotopic (exact) mass is 763 g/mol. The predicted octanol–water partition coefficient (Wildman–Crippen LogP) is 6.74. The number of anilines is 2. The highest BCUT2D eigenvalue weighted by Crippen LogP contribution is 2.44. The summed E-state index contributed by atoms with van der Waals surface area (Å²) in [5.41, 5.74) is 5.40. The zero-order chi connectivity index (χ0) is 38.4. The fourth-order valence-corrected chi connectivity index (χ4v) is 7.37. The lowest BCUT2D eigenvalue weighted by atomic mass is 9.76. The van der Waals surface area contributed by atoms with Crippen LogP contribution in [0.5, 0.6) is 5.75 Å². The number of carbonyl (C=O) groups is 2. The van der Waals surface area contributed by atoms with Gasteiger partial charge in [0.15, 0.2) is 5.84 Å². The second-order valence-corrected chi connectivity index (χ2v) is 15.1. The van der Waals surface area contributed by atoms with Crippen molar-refractivity contribution in [3.63, 3.8) is 0 Å². The number of amidine groups is 1. The number of hydrazone groups is 1. The molecule has 1 saturated heterocycles. The number of nitrogens with zero attached hydrogens (tertiary/aromatic N) is 2. The van der Waals surface area contributed by atoms with E-state index in [2.05, 4.69) is 46.8 Å². The lowest BCUT2D eigenvalue weighted by molar-refractivity contribution is -0.118. The average molecular weight is 765 g/mol. The Balaban J connectivity index is 1.59. The Bertz CT molecular complexity index is 1970. The van der Waals surface area contributed by atoms with Gasteiger partial charge in [0, 0.05) is 47.2 Å². The van der Waals surface area contributed by atoms with Gasteiger partial charge < -0.3 is 36.6 Å². The van der Waals surface area contributed by atoms with Gasteiger partial charge in [0.05, 0.1) is 29.4 Å². The van der Waals surface area contributed by atoms with Crippen molar-refractivity contribution in [2.24, 2.45) is 28.1 Å². The molecule has 4 aromatic rings. The quantitative estimate of drug-likeness (QED) is 0.0396. The molecule has 1 amide bonds. The van der Waals surface area contributed by atoms with Crippen molar-refractivity contribution in [3.8, 4) is 5.75 Å². The molecule has 5 rings (SSSR count). The van der Waals surface area contributed by atoms with Crippen molar-refractivity contribution in [2.75, 3.05) is 23.9 Å². The summed E-state index contributed by atoms with van der Waals surface area (Å²) < 4.78 is 21.6. The molecule has 0 spiro atoms. The Morgan fingerprint density at radius 1 is 1.02 bits per heavy atom. The summed E-state index contributed by atoms with van der Waals surface area (Å²) in [5.74, 6) is 8.39. The third-order valence-electron chi connectivity index (χ3n) is 9.36. The van der Waals surface area contributed by atoms with E-state index in [9.17, 15) is 14.7 Å². The first-order valence-corrected chi connectivity index (χ1v) is 17.7. The summed E-state index contributed by atoms with van der Waals surface area (Å²) >= 11 is 12.9. The smallest absolute Gasteiger partial charge is 0.335 e. The SMILES string of the molecule is COc1cc(C(=O)O)ccc1NC(=O)[C@@H]1NC(CC(C)(C)C)C(CN(Cc2ccc(/C(=N/N)NN)cc2)c2cccc(Cl)c2)C1c1cccc(Cl)c1F. The molecule has 4 atom stereocenters. The van der Waals surface area contributed by atoms with Crippen molar-refractivity contribution in [1.82, 2.24) is 10.7 Å². The van der Waals surface area contributed by atoms with Crippen molar-refractivity contribution < 1.29 is 23.8 Å². The van der Waals surface area contributed by atoms with Crippen molar-refractivity contribution in [1.29, 1.82) is 0 Å². The largest absolute Gasteiger partial charge is 0.495 e. The highest BCUT2D eigenvalue weighted by atomic mass is 35.5. The molecule has 8 N–H and O–H groups in total. The zero-order valence-electron chi connectivity index (χ0n) is 29.9. The molecule has 3 unspecified atom stereocenters. The molecule has 1 aliphatic rings. The standard InChI is InChI=1S/C39H44Cl2FN7O4/c1-39(2,3)19-31-28(21-49(26-8-5-7-25(40)18-26)20-22-11-13-23(14-12-22)36(47-43)48-44)33(27-9-6-10-29(41)34(27)42)35(45-31)37(50)46-30-16-15-24(38(51)52)17-32(30)53-4/h5-18,28,31,33,35,45H,19-21,43-44H2,1-4H3,(H,46,50)(H,47,48)(H,51,52)/t28?,31?,33?,35-/m1/s1. The number of nitrogens with two attached hydrogens (primary N) is 2. The number of halogens is 3. The molecule has 1 aliphatic heterocycles. The number of amides is 1. The summed E-state index contributed by atoms with van der Waals surface area (Å²) in [4.78, 5) is 28.2. The minimum Gasteiger partial charge on any atom is -0.495 e. The van der Waals surface area contributed by atoms with Crippen LogP contribution in [-0.4, -0.2) is 48.6 Å². The van der Waals surface area contributed by atoms with Crippen molar-refractivity contribution in [3.05, 3.63) is 123 Å². The third kappa shape index (κ3) is 9.38. The summed E-state index contributed by atoms with van der Waals surface area (Å²) in [6.07, 6.45) is 0.655. The number of hydrogen-bond donors (Lipinski definition) is 6. The van der Waals surface area contributed by atoms with Crippen molar-refractivity contribution in [2.45, 2.75) is 51.7 Å². The van der Waals surface area contributed by atoms with Gasteiger partial charge in [-0.3, -0.25) is 4.79 Å². The minimum absolute atomic E-state index is 0.00256. The van der Waals surface area contributed by atoms with E-state index in [1.165, 1.54) is 31.4 Å². The van der Waals surface area contributed by atoms with E-state index >= 15 is 4.39 Å². The van der Waals surface area contributed by atoms with E-state index in [-0.39, 0.29) is 39.4 Å². The molecule has 1 heterocycles. The maximum absolute atomic E-state index is 16.2. The molecule has 11 nitrogen and oxygen atoms in total. The second kappa shape index (κ2) is 16.9. The van der Waals surface area contributed by atoms with Crippen LogP contribution >= 0.6 is 23.2 Å². The first-order valence-electron chi connectivity index (χ1n) is 17.0. The molecule has 53 heavy (non-hydrogen) atoms. The van der Waals surface area contributed by atoms with Crippen LogP contribution < -0.4 is 37.4 Å². The number of carboxylic acids is 1. The van der Waals surface area contributed by atoms with Crippen LogP contribution in [0.2, 0.25) is 10.0 Å². The van der Waals surface area contributed by atoms with Crippen LogP contribution in [0.4, 0.5) is 15.8 Å². The molecule has 1 fully saturated rings. The first kappa shape index (κ1) is 39.3. The first-order chi connectivity index (χ1) is 25.2. The van der Waals surface area contributed by atoms with Crippen LogP contribution in [0.15, 0.2) is 90.0 Å². The highest BCUT2D eigenvalue weighted by molar-refractivity contribution is 6.31. The van der Waals surface area contributed by atoms with Gasteiger partial charge in [-0.1, -0.05) is 86.4 Å². The molecule has 14 heteroatoms. The van der Waals surface area contributed by atoms with Gasteiger partial charge in [0.2, 0.25) is 5.91 Å². The lowest BCUT2D eigenvalue weighted by Gasteiger charge is -2.35. The molecule has 0 aromatic heterocycles. The van der Waals surface area contributed by atoms with Crippen LogP contribution in [0, 0.1) is 17.2 Å². The number of benzene rings is 4. The third-order valence-corrected chi connectivity index (χ3v) is 9.89. The minimum atomic E-state index is -1.13. The Morgan fingerprint density at radius 3 is 2.34 bits per heavy atom. The van der Waals surface area contributed by atoms with Crippen molar-refractivity contribution >= 4 is 52.3 Å². The fourth-order valence-electron chi connectivity index (χ4n) is 7.00. The fraction of sp³-hybridized carbons (Fsp3) is 0.308. The molecule has 0 aliphatic carbocycles. The summed E-state index contributed by atoms with van der Waals surface area (Å²) in [5, 5.41) is 20.2. The Morgan fingerprint density at radius 2 is 1.72 bits per heavy atom. The Labute approximate surface area is 318 Å². The van der Waals surface area contributed by atoms with Gasteiger partial charge in [-0.2, -0.15) is 5.10 Å². The predicted molar refractivity (Wildman–Crippen MR) is 208 cm³/mol. The van der Waals surface area contributed by atoms with Gasteiger partial charge in [-0.25, -0.2) is 15.0 Å². The van der Waals surface area contributed by atoms with E-state index in [1.54, 1.807) is 18.2 Å². The van der Waals surface area contributed by atoms with Gasteiger partial charge in [0.25, 0.3) is 0 Å². The number of hydrogen-bond acceptors (Lipinski definition) is 8. The second-order valence-electron chi connectivity index (χ2n) is 14.2. The Kier molecular flexibility index (Phi) is 12.5. The van der Waals surface area contributed by atoms with Gasteiger partial charge in [-0.15, -0.1) is 0 Å². The molecule has 0 radical (unpaired) electrons. The van der Waals surface area contributed by atoms with Gasteiger partial charge in [0.1, 0.15) is 11.6 Å². The summed E-state index contributed by atoms with van der Waals surface area (Å²) in [6, 6.07) is 23.0. The number of nitrogens with one attached hydrogen (secondary N) is 3. The van der Waals surface area contributed by atoms with Gasteiger partial charge in [-0.05, 0) is 65.4 Å². The topological polar surface area (TPSA) is 167 Å². The molecular formula is C39H44Cl2FN7O4. The van der Waals surface area contributed by atoms with Crippen LogP contribution in [0.1, 0.15) is 60.2 Å². The van der Waals surface area contributed by atoms with E-state index in [0.29, 0.717) is 41.5 Å². The number of carbonyl (C=O) groups excluding carboxylic acids is 1. The average Bonchev–Trinajstić information content (AvgIpc) is 3.46. The summed E-state index contributed by atoms with van der Waals surface area (Å²) in [6.45, 7) is 7.20. The highest BCUT2D eigenvalue weighted by Gasteiger charge is 2.49. The maximum atomic E-state index is 16.2. The number of aromatic carboxylic acids is 1. The van der Waals surface area contributed by atoms with Crippen LogP contribution in [-0.2, 0) is 11.3 Å². The molecule has 0 bridgehead atoms. The lowest BCUT2D eigenvalue weighted by Crippen LogP contribution is -2.42. The molecule has 280 valence electrons. The molecule has 4 aromatic carbocycles.